The number of rotatable bonds is 16. The summed E-state index contributed by atoms with van der Waals surface area (Å²) in [5.41, 5.74) is 19.0. The number of carbonyl (C=O) groups is 2. The summed E-state index contributed by atoms with van der Waals surface area (Å²) in [6.07, 6.45) is 3.91. The maximum absolute atomic E-state index is 12.8. The van der Waals surface area contributed by atoms with E-state index >= 15 is 0 Å². The number of hydrogen-bond acceptors (Lipinski definition) is 4. The van der Waals surface area contributed by atoms with E-state index < -0.39 is 24.3 Å². The number of ether oxygens (including phenoxy) is 1. The van der Waals surface area contributed by atoms with Crippen molar-refractivity contribution in [2.24, 2.45) is 11.5 Å². The molecule has 3 aromatic rings. The van der Waals surface area contributed by atoms with E-state index in [9.17, 15) is 9.59 Å². The van der Waals surface area contributed by atoms with Crippen molar-refractivity contribution in [2.75, 3.05) is 13.2 Å². The molecule has 0 aliphatic carbocycles. The van der Waals surface area contributed by atoms with E-state index in [1.807, 2.05) is 30.3 Å². The molecular weight excluding hydrogens is 498 g/mol. The van der Waals surface area contributed by atoms with Gasteiger partial charge in [0.15, 0.2) is 0 Å². The van der Waals surface area contributed by atoms with E-state index in [-0.39, 0.29) is 6.42 Å². The van der Waals surface area contributed by atoms with Crippen LogP contribution in [0.1, 0.15) is 68.2 Å². The van der Waals surface area contributed by atoms with Crippen molar-refractivity contribution in [2.45, 2.75) is 78.2 Å². The van der Waals surface area contributed by atoms with Gasteiger partial charge < -0.3 is 21.5 Å². The maximum atomic E-state index is 12.8. The first-order chi connectivity index (χ1) is 19.7. The zero-order valence-corrected chi connectivity index (χ0v) is 24.2. The van der Waals surface area contributed by atoms with Crippen LogP contribution in [0.25, 0.3) is 11.1 Å². The molecule has 2 atom stereocenters. The van der Waals surface area contributed by atoms with E-state index in [2.05, 4.69) is 56.4 Å². The fourth-order valence-electron chi connectivity index (χ4n) is 4.94. The molecule has 5 N–H and O–H groups in total. The summed E-state index contributed by atoms with van der Waals surface area (Å²) in [6.45, 7) is 7.58. The number of aryl methyl sites for hydroxylation is 5. The minimum absolute atomic E-state index is 0.246. The molecule has 0 heterocycles. The molecule has 0 spiro atoms. The number of unbranched alkanes of at least 4 members (excludes halogenated alkanes) is 1. The highest BCUT2D eigenvalue weighted by Crippen LogP contribution is 2.28. The molecule has 6 nitrogen and oxygen atoms in total. The van der Waals surface area contributed by atoms with Gasteiger partial charge in [-0.3, -0.25) is 9.59 Å². The van der Waals surface area contributed by atoms with Crippen molar-refractivity contribution in [3.63, 3.8) is 0 Å². The zero-order valence-electron chi connectivity index (χ0n) is 25.2. The van der Waals surface area contributed by atoms with Crippen LogP contribution < -0.4 is 21.5 Å². The van der Waals surface area contributed by atoms with Gasteiger partial charge in [0.2, 0.25) is 11.8 Å². The van der Waals surface area contributed by atoms with E-state index in [0.29, 0.717) is 26.0 Å². The standard InChI is InChI=1S/C34H45N3O3/c1-4-28-23-30(40-19-6-5-18-35)15-16-31(28)29-13-10-26(11-14-29)12-17-33(38)37-32(34(36)39)9-7-8-27-21-24(2)20-25(3)22-27/h10-11,13-16,20-23,32H,4-9,12,17-19,35H2,1-3H3,(H2,36,39)(H,37,38)/t32-/m0/s1/i17D/t17-,32-. The first-order valence-corrected chi connectivity index (χ1v) is 14.3. The molecule has 214 valence electrons. The smallest absolute Gasteiger partial charge is 0.239 e. The predicted octanol–water partition coefficient (Wildman–Crippen LogP) is 5.58. The summed E-state index contributed by atoms with van der Waals surface area (Å²) in [5.74, 6) is -0.199. The number of amides is 2. The number of nitrogens with one attached hydrogen (secondary N) is 1. The van der Waals surface area contributed by atoms with Crippen LogP contribution >= 0.6 is 0 Å². The van der Waals surface area contributed by atoms with Gasteiger partial charge in [-0.2, -0.15) is 0 Å². The molecule has 6 heteroatoms. The third kappa shape index (κ3) is 9.83. The zero-order chi connectivity index (χ0) is 29.8. The normalized spacial score (nSPS) is 12.8. The summed E-state index contributed by atoms with van der Waals surface area (Å²) in [7, 11) is 0. The molecule has 0 saturated heterocycles. The molecule has 0 fully saturated rings. The highest BCUT2D eigenvalue weighted by Gasteiger charge is 2.18. The first kappa shape index (κ1) is 29.3. The van der Waals surface area contributed by atoms with Crippen LogP contribution in [0.15, 0.2) is 60.7 Å². The van der Waals surface area contributed by atoms with Crippen molar-refractivity contribution in [3.8, 4) is 16.9 Å². The van der Waals surface area contributed by atoms with Gasteiger partial charge in [-0.05, 0) is 105 Å². The number of carbonyl (C=O) groups excluding carboxylic acids is 2. The monoisotopic (exact) mass is 544 g/mol. The second kappa shape index (κ2) is 15.8. The quantitative estimate of drug-likeness (QED) is 0.205. The fraction of sp³-hybridized carbons (Fsp3) is 0.412. The number of hydrogen-bond donors (Lipinski definition) is 3. The minimum Gasteiger partial charge on any atom is -0.494 e. The molecule has 2 amide bonds. The summed E-state index contributed by atoms with van der Waals surface area (Å²) in [4.78, 5) is 24.8. The summed E-state index contributed by atoms with van der Waals surface area (Å²) < 4.78 is 14.3. The van der Waals surface area contributed by atoms with Gasteiger partial charge in [0.1, 0.15) is 11.8 Å². The third-order valence-electron chi connectivity index (χ3n) is 7.01. The molecule has 40 heavy (non-hydrogen) atoms. The SMILES string of the molecule is [2H][C@@H](Cc1ccc(-c2ccc(OCCCCN)cc2CC)cc1)C(=O)N[C@@H](CCCc1cc(C)cc(C)c1)C(N)=O. The molecule has 0 bridgehead atoms. The van der Waals surface area contributed by atoms with E-state index in [1.54, 1.807) is 0 Å². The van der Waals surface area contributed by atoms with Gasteiger partial charge >= 0.3 is 0 Å². The molecule has 3 rings (SSSR count). The molecular formula is C34H45N3O3. The lowest BCUT2D eigenvalue weighted by molar-refractivity contribution is -0.127. The molecule has 0 unspecified atom stereocenters. The minimum atomic E-state index is -1.04. The van der Waals surface area contributed by atoms with Gasteiger partial charge in [0, 0.05) is 7.77 Å². The van der Waals surface area contributed by atoms with Crippen molar-refractivity contribution < 1.29 is 15.7 Å². The topological polar surface area (TPSA) is 107 Å². The lowest BCUT2D eigenvalue weighted by Gasteiger charge is -2.16. The average molecular weight is 545 g/mol. The molecule has 0 aromatic heterocycles. The largest absolute Gasteiger partial charge is 0.494 e. The average Bonchev–Trinajstić information content (AvgIpc) is 2.94. The Hall–Kier alpha value is -3.64. The van der Waals surface area contributed by atoms with Crippen LogP contribution in [0.3, 0.4) is 0 Å². The van der Waals surface area contributed by atoms with Crippen molar-refractivity contribution in [3.05, 3.63) is 88.5 Å². The van der Waals surface area contributed by atoms with Crippen molar-refractivity contribution in [1.29, 1.82) is 0 Å². The Morgan fingerprint density at radius 3 is 2.30 bits per heavy atom. The Balaban J connectivity index is 1.55. The summed E-state index contributed by atoms with van der Waals surface area (Å²) in [6, 6.07) is 19.7. The molecule has 0 radical (unpaired) electrons. The fourth-order valence-corrected chi connectivity index (χ4v) is 4.94. The van der Waals surface area contributed by atoms with E-state index in [1.165, 1.54) is 22.3 Å². The van der Waals surface area contributed by atoms with Gasteiger partial charge in [-0.15, -0.1) is 0 Å². The van der Waals surface area contributed by atoms with E-state index in [0.717, 1.165) is 48.1 Å². The number of primary amides is 1. The second-order valence-electron chi connectivity index (χ2n) is 10.5. The Labute approximate surface area is 240 Å². The number of benzene rings is 3. The second-order valence-corrected chi connectivity index (χ2v) is 10.5. The van der Waals surface area contributed by atoms with Crippen LogP contribution in [0.4, 0.5) is 0 Å². The molecule has 0 aliphatic heterocycles. The van der Waals surface area contributed by atoms with E-state index in [4.69, 9.17) is 17.6 Å². The first-order valence-electron chi connectivity index (χ1n) is 14.9. The molecule has 0 aliphatic rings. The summed E-state index contributed by atoms with van der Waals surface area (Å²) >= 11 is 0. The highest BCUT2D eigenvalue weighted by atomic mass is 16.5. The van der Waals surface area contributed by atoms with Crippen LogP contribution in [0.2, 0.25) is 0 Å². The van der Waals surface area contributed by atoms with Gasteiger partial charge in [-0.25, -0.2) is 0 Å². The van der Waals surface area contributed by atoms with Crippen LogP contribution in [-0.2, 0) is 28.9 Å². The van der Waals surface area contributed by atoms with Gasteiger partial charge in [-0.1, -0.05) is 66.6 Å². The van der Waals surface area contributed by atoms with Crippen LogP contribution in [-0.4, -0.2) is 31.0 Å². The lowest BCUT2D eigenvalue weighted by atomic mass is 9.96. The van der Waals surface area contributed by atoms with Crippen LogP contribution in [0, 0.1) is 13.8 Å². The Bertz CT molecular complexity index is 1270. The lowest BCUT2D eigenvalue weighted by Crippen LogP contribution is -2.44. The summed E-state index contributed by atoms with van der Waals surface area (Å²) in [5, 5.41) is 2.71. The number of nitrogens with two attached hydrogens (primary N) is 2. The predicted molar refractivity (Wildman–Crippen MR) is 163 cm³/mol. The maximum Gasteiger partial charge on any atom is 0.239 e. The van der Waals surface area contributed by atoms with Crippen LogP contribution in [0.5, 0.6) is 5.75 Å². The van der Waals surface area contributed by atoms with Crippen molar-refractivity contribution >= 4 is 11.8 Å². The molecule has 0 saturated carbocycles. The van der Waals surface area contributed by atoms with Gasteiger partial charge in [0.05, 0.1) is 6.61 Å². The third-order valence-corrected chi connectivity index (χ3v) is 7.01. The van der Waals surface area contributed by atoms with Crippen molar-refractivity contribution in [1.82, 2.24) is 5.32 Å². The Morgan fingerprint density at radius 1 is 0.925 bits per heavy atom. The Kier molecular flexibility index (Phi) is 11.6. The highest BCUT2D eigenvalue weighted by molar-refractivity contribution is 5.86. The Morgan fingerprint density at radius 2 is 1.65 bits per heavy atom. The molecule has 3 aromatic carbocycles. The van der Waals surface area contributed by atoms with Gasteiger partial charge in [0.25, 0.3) is 0 Å².